The molecule has 0 aliphatic rings. The van der Waals surface area contributed by atoms with Crippen LogP contribution < -0.4 is 93.4 Å². The first-order chi connectivity index (χ1) is 17.4. The number of ether oxygens (including phenoxy) is 1. The van der Waals surface area contributed by atoms with E-state index in [0.29, 0.717) is 12.4 Å². The molecule has 0 aromatic heterocycles. The van der Waals surface area contributed by atoms with Gasteiger partial charge in [-0.25, -0.2) is 0 Å². The molecule has 206 valence electrons. The minimum absolute atomic E-state index is 0. The van der Waals surface area contributed by atoms with Crippen molar-refractivity contribution >= 4 is 29.8 Å². The summed E-state index contributed by atoms with van der Waals surface area (Å²) in [7, 11) is 0. The van der Waals surface area contributed by atoms with E-state index in [4.69, 9.17) is 14.9 Å². The molecule has 0 saturated carbocycles. The largest absolute Gasteiger partial charge is 1.00 e. The van der Waals surface area contributed by atoms with Crippen LogP contribution in [0.4, 0.5) is 0 Å². The van der Waals surface area contributed by atoms with Gasteiger partial charge in [-0.2, -0.15) is 0 Å². The smallest absolute Gasteiger partial charge is 0.494 e. The average Bonchev–Trinajstić information content (AvgIpc) is 2.76. The maximum Gasteiger partial charge on any atom is 1.00 e. The van der Waals surface area contributed by atoms with Gasteiger partial charge in [0, 0.05) is 25.7 Å². The minimum Gasteiger partial charge on any atom is -0.494 e. The molecule has 5 N–H and O–H groups in total. The molecule has 0 aliphatic heterocycles. The van der Waals surface area contributed by atoms with Crippen LogP contribution in [0.15, 0.2) is 24.3 Å². The van der Waals surface area contributed by atoms with Gasteiger partial charge in [0.15, 0.2) is 0 Å². The number of rotatable bonds is 20. The second kappa shape index (κ2) is 23.8. The van der Waals surface area contributed by atoms with Crippen molar-refractivity contribution in [3.63, 3.8) is 0 Å². The van der Waals surface area contributed by atoms with E-state index < -0.39 is 68.6 Å². The molecular formula is C23H33N3Na3O11+3. The minimum atomic E-state index is -1.27. The van der Waals surface area contributed by atoms with E-state index in [9.17, 15) is 39.3 Å². The van der Waals surface area contributed by atoms with E-state index in [1.807, 2.05) is 6.92 Å². The number of hydrogen-bond acceptors (Lipinski definition) is 9. The Morgan fingerprint density at radius 1 is 0.675 bits per heavy atom. The number of carboxylic acid groups (broad SMARTS) is 5. The number of nitrogens with zero attached hydrogens (tertiary/aromatic N) is 3. The number of carbonyl (C=O) groups is 5. The van der Waals surface area contributed by atoms with E-state index in [2.05, 4.69) is 0 Å². The second-order valence-corrected chi connectivity index (χ2v) is 8.25. The Balaban J connectivity index is -0.00000456. The Kier molecular flexibility index (Phi) is 26.0. The third kappa shape index (κ3) is 20.2. The molecule has 0 amide bonds. The normalized spacial score (nSPS) is 11.1. The summed E-state index contributed by atoms with van der Waals surface area (Å²) >= 11 is 0. The number of aliphatic carboxylic acids is 5. The number of hydrogen-bond donors (Lipinski definition) is 5. The zero-order valence-corrected chi connectivity index (χ0v) is 29.5. The molecule has 0 bridgehead atoms. The average molecular weight is 596 g/mol. The molecule has 1 aromatic carbocycles. The van der Waals surface area contributed by atoms with Crippen LogP contribution in [0.3, 0.4) is 0 Å². The van der Waals surface area contributed by atoms with E-state index in [1.54, 1.807) is 24.3 Å². The summed E-state index contributed by atoms with van der Waals surface area (Å²) in [6.45, 7) is -0.837. The van der Waals surface area contributed by atoms with Gasteiger partial charge in [0.2, 0.25) is 0 Å². The molecule has 0 radical (unpaired) electrons. The molecule has 17 heteroatoms. The van der Waals surface area contributed by atoms with Gasteiger partial charge >= 0.3 is 119 Å². The van der Waals surface area contributed by atoms with Crippen LogP contribution in [0.2, 0.25) is 0 Å². The van der Waals surface area contributed by atoms with Crippen LogP contribution in [0.1, 0.15) is 12.5 Å². The third-order valence-corrected chi connectivity index (χ3v) is 5.18. The van der Waals surface area contributed by atoms with Crippen molar-refractivity contribution in [3.05, 3.63) is 29.8 Å². The molecule has 0 spiro atoms. The molecule has 1 atom stereocenters. The molecular weight excluding hydrogens is 563 g/mol. The SMILES string of the molecule is CCOc1ccc(C[C@@H](CN(CCN(CC(=O)O)CC(=O)O)CC(=O)O)N(CC(=O)O)CC(=O)O)cc1.[Na+].[Na+].[Na+]. The topological polar surface area (TPSA) is 205 Å². The van der Waals surface area contributed by atoms with Gasteiger partial charge in [-0.15, -0.1) is 0 Å². The van der Waals surface area contributed by atoms with E-state index in [1.165, 1.54) is 9.80 Å². The van der Waals surface area contributed by atoms with Crippen molar-refractivity contribution in [2.45, 2.75) is 19.4 Å². The molecule has 0 saturated heterocycles. The predicted molar refractivity (Wildman–Crippen MR) is 128 cm³/mol. The van der Waals surface area contributed by atoms with Crippen LogP contribution in [0.25, 0.3) is 0 Å². The summed E-state index contributed by atoms with van der Waals surface area (Å²) in [6.07, 6.45) is 0.178. The zero-order valence-electron chi connectivity index (χ0n) is 23.5. The van der Waals surface area contributed by atoms with Crippen LogP contribution in [-0.2, 0) is 30.4 Å². The first kappa shape index (κ1) is 43.7. The molecule has 1 aromatic rings. The molecule has 0 fully saturated rings. The van der Waals surface area contributed by atoms with Gasteiger partial charge in [-0.1, -0.05) is 12.1 Å². The van der Waals surface area contributed by atoms with Crippen LogP contribution >= 0.6 is 0 Å². The molecule has 0 unspecified atom stereocenters. The third-order valence-electron chi connectivity index (χ3n) is 5.18. The van der Waals surface area contributed by atoms with Gasteiger partial charge in [0.1, 0.15) is 5.75 Å². The van der Waals surface area contributed by atoms with Crippen LogP contribution in [0.5, 0.6) is 5.75 Å². The first-order valence-corrected chi connectivity index (χ1v) is 11.4. The number of carboxylic acids is 5. The van der Waals surface area contributed by atoms with E-state index >= 15 is 0 Å². The van der Waals surface area contributed by atoms with Crippen molar-refractivity contribution in [2.75, 3.05) is 59.0 Å². The van der Waals surface area contributed by atoms with Gasteiger partial charge in [0.05, 0.1) is 39.3 Å². The predicted octanol–water partition coefficient (Wildman–Crippen LogP) is -9.66. The van der Waals surface area contributed by atoms with Crippen LogP contribution in [-0.4, -0.2) is 135 Å². The van der Waals surface area contributed by atoms with Crippen molar-refractivity contribution < 1.29 is 143 Å². The maximum atomic E-state index is 11.5. The van der Waals surface area contributed by atoms with Crippen molar-refractivity contribution in [2.24, 2.45) is 0 Å². The Bertz CT molecular complexity index is 906. The summed E-state index contributed by atoms with van der Waals surface area (Å²) < 4.78 is 5.41. The summed E-state index contributed by atoms with van der Waals surface area (Å²) in [5, 5.41) is 46.2. The fourth-order valence-corrected chi connectivity index (χ4v) is 3.73. The van der Waals surface area contributed by atoms with Crippen molar-refractivity contribution in [1.82, 2.24) is 14.7 Å². The van der Waals surface area contributed by atoms with Crippen LogP contribution in [0, 0.1) is 0 Å². The Morgan fingerprint density at radius 3 is 1.48 bits per heavy atom. The van der Waals surface area contributed by atoms with Gasteiger partial charge < -0.3 is 30.3 Å². The maximum absolute atomic E-state index is 11.5. The van der Waals surface area contributed by atoms with Crippen molar-refractivity contribution in [3.8, 4) is 5.75 Å². The Hall–Kier alpha value is -0.750. The quantitative estimate of drug-likeness (QED) is 0.0887. The molecule has 1 rings (SSSR count). The van der Waals surface area contributed by atoms with Gasteiger partial charge in [0.25, 0.3) is 0 Å². The van der Waals surface area contributed by atoms with Gasteiger partial charge in [-0.05, 0) is 31.0 Å². The molecule has 14 nitrogen and oxygen atoms in total. The standard InChI is InChI=1S/C23H33N3O11.3Na/c1-2-37-18-5-3-16(4-6-18)9-17(26(14-22(33)34)15-23(35)36)10-24(11-19(27)28)7-8-25(12-20(29)30)13-21(31)32;;;/h3-6,17H,2,7-15H2,1H3,(H,27,28)(H,29,30)(H,31,32)(H,33,34)(H,35,36);;;/q;3*+1/t17-;;;/m0.../s1. The zero-order chi connectivity index (χ0) is 28.0. The monoisotopic (exact) mass is 596 g/mol. The van der Waals surface area contributed by atoms with Crippen molar-refractivity contribution in [1.29, 1.82) is 0 Å². The van der Waals surface area contributed by atoms with E-state index in [0.717, 1.165) is 10.5 Å². The first-order valence-electron chi connectivity index (χ1n) is 11.4. The Morgan fingerprint density at radius 2 is 1.07 bits per heavy atom. The molecule has 40 heavy (non-hydrogen) atoms. The fraction of sp³-hybridized carbons (Fsp3) is 0.522. The molecule has 0 aliphatic carbocycles. The summed E-state index contributed by atoms with van der Waals surface area (Å²) in [5.41, 5.74) is 0.725. The summed E-state index contributed by atoms with van der Waals surface area (Å²) in [5.74, 6) is -5.65. The molecule has 0 heterocycles. The second-order valence-electron chi connectivity index (χ2n) is 8.25. The number of benzene rings is 1. The van der Waals surface area contributed by atoms with Gasteiger partial charge in [-0.3, -0.25) is 38.7 Å². The Labute approximate surface area is 298 Å². The summed E-state index contributed by atoms with van der Waals surface area (Å²) in [6, 6.07) is 6.14. The summed E-state index contributed by atoms with van der Waals surface area (Å²) in [4.78, 5) is 60.4. The van der Waals surface area contributed by atoms with E-state index in [-0.39, 0.29) is 115 Å². The fourth-order valence-electron chi connectivity index (χ4n) is 3.73.